The summed E-state index contributed by atoms with van der Waals surface area (Å²) < 4.78 is 42.2. The second-order valence-corrected chi connectivity index (χ2v) is 7.78. The lowest BCUT2D eigenvalue weighted by Crippen LogP contribution is -2.15. The minimum absolute atomic E-state index is 0.147. The van der Waals surface area contributed by atoms with Gasteiger partial charge in [-0.15, -0.1) is 0 Å². The Balaban J connectivity index is 3.12. The van der Waals surface area contributed by atoms with Crippen LogP contribution in [-0.2, 0) is 47.5 Å². The molecule has 0 heterocycles. The fourth-order valence-electron chi connectivity index (χ4n) is 2.80. The van der Waals surface area contributed by atoms with Crippen LogP contribution in [0.3, 0.4) is 0 Å². The summed E-state index contributed by atoms with van der Waals surface area (Å²) in [6.45, 7) is 11.3. The Kier molecular flexibility index (Phi) is 28.4. The van der Waals surface area contributed by atoms with Gasteiger partial charge in [-0.25, -0.2) is 4.79 Å². The highest BCUT2D eigenvalue weighted by atomic mass is 16.6. The molecule has 0 amide bonds. The van der Waals surface area contributed by atoms with Crippen LogP contribution in [0.25, 0.3) is 0 Å². The molecule has 0 fully saturated rings. The fourth-order valence-corrected chi connectivity index (χ4v) is 2.80. The first-order valence-electron chi connectivity index (χ1n) is 13.1. The summed E-state index contributed by atoms with van der Waals surface area (Å²) >= 11 is 0. The first kappa shape index (κ1) is 34.4. The molecule has 10 nitrogen and oxygen atoms in total. The summed E-state index contributed by atoms with van der Waals surface area (Å²) in [6.07, 6.45) is 8.53. The summed E-state index contributed by atoms with van der Waals surface area (Å²) in [5.74, 6) is -0.606. The summed E-state index contributed by atoms with van der Waals surface area (Å²) in [5.41, 5.74) is 0. The third-order valence-electron chi connectivity index (χ3n) is 4.72. The van der Waals surface area contributed by atoms with Gasteiger partial charge in [0.1, 0.15) is 13.2 Å². The van der Waals surface area contributed by atoms with Gasteiger partial charge >= 0.3 is 11.9 Å². The molecule has 0 unspecified atom stereocenters. The number of carbonyl (C=O) groups is 2. The van der Waals surface area contributed by atoms with E-state index >= 15 is 0 Å². The lowest BCUT2D eigenvalue weighted by molar-refractivity contribution is -0.145. The summed E-state index contributed by atoms with van der Waals surface area (Å²) in [7, 11) is 0. The molecule has 0 saturated heterocycles. The molecule has 0 aromatic heterocycles. The zero-order valence-electron chi connectivity index (χ0n) is 22.2. The molecule has 0 spiro atoms. The van der Waals surface area contributed by atoms with E-state index in [1.807, 2.05) is 0 Å². The van der Waals surface area contributed by atoms with Crippen LogP contribution in [0.15, 0.2) is 12.7 Å². The maximum Gasteiger partial charge on any atom is 0.330 e. The van der Waals surface area contributed by atoms with Crippen molar-refractivity contribution in [3.63, 3.8) is 0 Å². The average molecular weight is 521 g/mol. The Bertz CT molecular complexity index is 501. The lowest BCUT2D eigenvalue weighted by Gasteiger charge is -2.08. The molecule has 0 aromatic rings. The maximum absolute atomic E-state index is 11.6. The zero-order chi connectivity index (χ0) is 26.4. The molecule has 0 rings (SSSR count). The molecule has 0 bridgehead atoms. The van der Waals surface area contributed by atoms with Crippen molar-refractivity contribution in [1.29, 1.82) is 0 Å². The summed E-state index contributed by atoms with van der Waals surface area (Å²) in [5, 5.41) is 0. The lowest BCUT2D eigenvalue weighted by atomic mass is 10.1. The maximum atomic E-state index is 11.6. The van der Waals surface area contributed by atoms with Gasteiger partial charge in [0.15, 0.2) is 0 Å². The van der Waals surface area contributed by atoms with E-state index < -0.39 is 5.97 Å². The topological polar surface area (TPSA) is 108 Å². The molecule has 0 saturated carbocycles. The molecule has 0 aliphatic heterocycles. The molecule has 0 aromatic carbocycles. The molecule has 36 heavy (non-hydrogen) atoms. The normalized spacial score (nSPS) is 10.9. The minimum Gasteiger partial charge on any atom is -0.463 e. The van der Waals surface area contributed by atoms with E-state index in [-0.39, 0.29) is 19.2 Å². The summed E-state index contributed by atoms with van der Waals surface area (Å²) in [4.78, 5) is 22.4. The highest BCUT2D eigenvalue weighted by Crippen LogP contribution is 2.07. The molecule has 0 N–H and O–H groups in total. The van der Waals surface area contributed by atoms with E-state index in [9.17, 15) is 9.59 Å². The van der Waals surface area contributed by atoms with Crippen LogP contribution in [-0.4, -0.2) is 104 Å². The first-order chi connectivity index (χ1) is 17.7. The van der Waals surface area contributed by atoms with Crippen LogP contribution < -0.4 is 0 Å². The van der Waals surface area contributed by atoms with Gasteiger partial charge in [0.25, 0.3) is 0 Å². The zero-order valence-corrected chi connectivity index (χ0v) is 22.2. The van der Waals surface area contributed by atoms with Gasteiger partial charge in [0.2, 0.25) is 0 Å². The number of unbranched alkanes of at least 4 members (excludes halogenated alkanes) is 5. The van der Waals surface area contributed by atoms with Crippen LogP contribution in [0.1, 0.15) is 51.9 Å². The monoisotopic (exact) mass is 520 g/mol. The molecular weight excluding hydrogens is 472 g/mol. The van der Waals surface area contributed by atoms with Crippen molar-refractivity contribution >= 4 is 11.9 Å². The van der Waals surface area contributed by atoms with Crippen molar-refractivity contribution in [1.82, 2.24) is 0 Å². The number of ether oxygens (including phenoxy) is 8. The van der Waals surface area contributed by atoms with Gasteiger partial charge in [0.05, 0.1) is 79.3 Å². The predicted octanol–water partition coefficient (Wildman–Crippen LogP) is 3.11. The van der Waals surface area contributed by atoms with Crippen molar-refractivity contribution in [3.8, 4) is 0 Å². The van der Waals surface area contributed by atoms with Crippen molar-refractivity contribution < 1.29 is 47.5 Å². The van der Waals surface area contributed by atoms with Gasteiger partial charge in [0, 0.05) is 12.5 Å². The van der Waals surface area contributed by atoms with Crippen LogP contribution in [0.2, 0.25) is 0 Å². The highest BCUT2D eigenvalue weighted by Gasteiger charge is 2.02. The van der Waals surface area contributed by atoms with Crippen molar-refractivity contribution in [2.24, 2.45) is 0 Å². The van der Waals surface area contributed by atoms with Gasteiger partial charge in [-0.3, -0.25) is 4.79 Å². The third kappa shape index (κ3) is 28.7. The molecule has 10 heteroatoms. The first-order valence-corrected chi connectivity index (χ1v) is 13.1. The average Bonchev–Trinajstić information content (AvgIpc) is 2.88. The van der Waals surface area contributed by atoms with Crippen LogP contribution in [0.5, 0.6) is 0 Å². The van der Waals surface area contributed by atoms with Gasteiger partial charge in [-0.1, -0.05) is 45.6 Å². The predicted molar refractivity (Wildman–Crippen MR) is 135 cm³/mol. The van der Waals surface area contributed by atoms with E-state index in [0.29, 0.717) is 85.7 Å². The van der Waals surface area contributed by atoms with Crippen molar-refractivity contribution in [2.45, 2.75) is 51.9 Å². The fraction of sp³-hybridized carbons (Fsp3) is 0.846. The Morgan fingerprint density at radius 2 is 0.889 bits per heavy atom. The van der Waals surface area contributed by atoms with Gasteiger partial charge in [-0.05, 0) is 6.42 Å². The number of rotatable bonds is 29. The molecule has 0 aliphatic rings. The Morgan fingerprint density at radius 3 is 1.31 bits per heavy atom. The van der Waals surface area contributed by atoms with E-state index in [0.717, 1.165) is 18.9 Å². The number of esters is 2. The van der Waals surface area contributed by atoms with Crippen LogP contribution in [0, 0.1) is 0 Å². The Labute approximate surface area is 216 Å². The van der Waals surface area contributed by atoms with E-state index in [1.54, 1.807) is 0 Å². The number of carbonyl (C=O) groups excluding carboxylic acids is 2. The van der Waals surface area contributed by atoms with E-state index in [1.165, 1.54) is 25.7 Å². The number of hydrogen-bond acceptors (Lipinski definition) is 10. The quantitative estimate of drug-likeness (QED) is 0.0829. The molecule has 0 radical (unpaired) electrons. The summed E-state index contributed by atoms with van der Waals surface area (Å²) in [6, 6.07) is 0. The Morgan fingerprint density at radius 1 is 0.528 bits per heavy atom. The van der Waals surface area contributed by atoms with E-state index in [2.05, 4.69) is 13.5 Å². The second-order valence-electron chi connectivity index (χ2n) is 7.78. The van der Waals surface area contributed by atoms with Crippen LogP contribution in [0.4, 0.5) is 0 Å². The van der Waals surface area contributed by atoms with E-state index in [4.69, 9.17) is 37.9 Å². The van der Waals surface area contributed by atoms with Crippen LogP contribution >= 0.6 is 0 Å². The Hall–Kier alpha value is -1.56. The highest BCUT2D eigenvalue weighted by molar-refractivity contribution is 5.81. The largest absolute Gasteiger partial charge is 0.463 e. The second kappa shape index (κ2) is 29.7. The third-order valence-corrected chi connectivity index (χ3v) is 4.72. The molecular formula is C26H48O10. The molecule has 0 atom stereocenters. The van der Waals surface area contributed by atoms with Gasteiger partial charge < -0.3 is 37.9 Å². The standard InChI is InChI=1S/C26H48O10/c1-3-5-6-7-8-9-10-26(28)36-24-22-34-20-18-32-16-14-30-12-11-29-13-15-31-17-19-33-21-23-35-25(27)4-2/h4H,2-3,5-24H2,1H3. The molecule has 0 aliphatic carbocycles. The number of hydrogen-bond donors (Lipinski definition) is 0. The smallest absolute Gasteiger partial charge is 0.330 e. The van der Waals surface area contributed by atoms with Crippen molar-refractivity contribution in [2.75, 3.05) is 92.5 Å². The minimum atomic E-state index is -0.459. The molecule has 212 valence electrons. The van der Waals surface area contributed by atoms with Gasteiger partial charge in [-0.2, -0.15) is 0 Å². The SMILES string of the molecule is C=CC(=O)OCCOCCOCCOCCOCCOCCOCCOC(=O)CCCCCCCC. The van der Waals surface area contributed by atoms with Crippen molar-refractivity contribution in [3.05, 3.63) is 12.7 Å².